The molecule has 0 amide bonds. The van der Waals surface area contributed by atoms with Crippen LogP contribution in [0.4, 0.5) is 13.2 Å². The summed E-state index contributed by atoms with van der Waals surface area (Å²) in [6.07, 6.45) is -1.12. The van der Waals surface area contributed by atoms with E-state index in [0.717, 1.165) is 60.4 Å². The Labute approximate surface area is 191 Å². The number of unbranched alkanes of at least 4 members (excludes halogenated alkanes) is 2. The van der Waals surface area contributed by atoms with E-state index in [-0.39, 0.29) is 11.3 Å². The van der Waals surface area contributed by atoms with E-state index in [1.165, 1.54) is 0 Å². The van der Waals surface area contributed by atoms with Gasteiger partial charge in [0.15, 0.2) is 0 Å². The van der Waals surface area contributed by atoms with Gasteiger partial charge in [0.25, 0.3) is 0 Å². The minimum absolute atomic E-state index is 0.0321. The minimum atomic E-state index is -4.45. The number of ether oxygens (including phenoxy) is 2. The standard InChI is InChI=1S/C27H23F3O3/c1-2-3-4-19-32-24-15-7-20(8-16-24)5-6-21-9-17-25(18-10-21)33-26(31)22-11-13-23(14-12-22)27(28,29)30/h7-18H,2-4,19H2,1H3. The van der Waals surface area contributed by atoms with Crippen LogP contribution < -0.4 is 9.47 Å². The molecule has 0 aromatic heterocycles. The number of hydrogen-bond donors (Lipinski definition) is 0. The molecule has 0 aliphatic rings. The van der Waals surface area contributed by atoms with Crippen molar-refractivity contribution in [1.82, 2.24) is 0 Å². The molecule has 0 fully saturated rings. The highest BCUT2D eigenvalue weighted by molar-refractivity contribution is 5.91. The topological polar surface area (TPSA) is 35.5 Å². The predicted octanol–water partition coefficient (Wildman–Crippen LogP) is 6.89. The van der Waals surface area contributed by atoms with Gasteiger partial charge in [-0.15, -0.1) is 0 Å². The zero-order valence-corrected chi connectivity index (χ0v) is 18.1. The molecule has 0 N–H and O–H groups in total. The molecule has 3 aromatic rings. The molecule has 0 atom stereocenters. The minimum Gasteiger partial charge on any atom is -0.494 e. The van der Waals surface area contributed by atoms with Crippen molar-refractivity contribution in [3.8, 4) is 23.3 Å². The van der Waals surface area contributed by atoms with Crippen LogP contribution in [-0.2, 0) is 6.18 Å². The summed E-state index contributed by atoms with van der Waals surface area (Å²) in [5, 5.41) is 0. The molecule has 0 saturated heterocycles. The fourth-order valence-corrected chi connectivity index (χ4v) is 2.89. The number of esters is 1. The van der Waals surface area contributed by atoms with Crippen molar-refractivity contribution < 1.29 is 27.4 Å². The number of carbonyl (C=O) groups is 1. The molecule has 0 spiro atoms. The van der Waals surface area contributed by atoms with E-state index in [1.807, 2.05) is 24.3 Å². The van der Waals surface area contributed by atoms with E-state index in [9.17, 15) is 18.0 Å². The van der Waals surface area contributed by atoms with Crippen molar-refractivity contribution in [2.24, 2.45) is 0 Å². The lowest BCUT2D eigenvalue weighted by atomic mass is 10.1. The number of carbonyl (C=O) groups excluding carboxylic acids is 1. The summed E-state index contributed by atoms with van der Waals surface area (Å²) in [6.45, 7) is 2.85. The van der Waals surface area contributed by atoms with Crippen LogP contribution in [0.25, 0.3) is 0 Å². The quantitative estimate of drug-likeness (QED) is 0.169. The molecular formula is C27H23F3O3. The molecule has 0 saturated carbocycles. The maximum Gasteiger partial charge on any atom is 0.416 e. The summed E-state index contributed by atoms with van der Waals surface area (Å²) in [6, 6.07) is 18.0. The van der Waals surface area contributed by atoms with Gasteiger partial charge in [0.05, 0.1) is 17.7 Å². The average Bonchev–Trinajstić information content (AvgIpc) is 2.82. The van der Waals surface area contributed by atoms with Gasteiger partial charge in [0, 0.05) is 11.1 Å². The molecule has 170 valence electrons. The summed E-state index contributed by atoms with van der Waals surface area (Å²) in [5.41, 5.74) is 0.777. The van der Waals surface area contributed by atoms with Gasteiger partial charge in [0.1, 0.15) is 11.5 Å². The Balaban J connectivity index is 1.55. The zero-order chi connectivity index (χ0) is 23.7. The number of alkyl halides is 3. The summed E-state index contributed by atoms with van der Waals surface area (Å²) in [4.78, 5) is 12.2. The van der Waals surface area contributed by atoms with Crippen molar-refractivity contribution in [3.63, 3.8) is 0 Å². The first-order valence-corrected chi connectivity index (χ1v) is 10.6. The Hall–Kier alpha value is -3.72. The highest BCUT2D eigenvalue weighted by Crippen LogP contribution is 2.29. The third-order valence-corrected chi connectivity index (χ3v) is 4.73. The highest BCUT2D eigenvalue weighted by Gasteiger charge is 2.30. The second-order valence-corrected chi connectivity index (χ2v) is 7.32. The molecule has 0 bridgehead atoms. The molecule has 0 aliphatic carbocycles. The average molecular weight is 452 g/mol. The van der Waals surface area contributed by atoms with Crippen molar-refractivity contribution in [1.29, 1.82) is 0 Å². The van der Waals surface area contributed by atoms with Gasteiger partial charge in [-0.2, -0.15) is 13.2 Å². The van der Waals surface area contributed by atoms with Crippen LogP contribution in [-0.4, -0.2) is 12.6 Å². The van der Waals surface area contributed by atoms with Gasteiger partial charge >= 0.3 is 12.1 Å². The third-order valence-electron chi connectivity index (χ3n) is 4.73. The molecule has 3 nitrogen and oxygen atoms in total. The largest absolute Gasteiger partial charge is 0.494 e. The first kappa shape index (κ1) is 23.9. The number of rotatable bonds is 7. The first-order valence-electron chi connectivity index (χ1n) is 10.6. The molecule has 0 unspecified atom stereocenters. The van der Waals surface area contributed by atoms with Crippen molar-refractivity contribution >= 4 is 5.97 Å². The lowest BCUT2D eigenvalue weighted by Gasteiger charge is -2.08. The van der Waals surface area contributed by atoms with Crippen LogP contribution >= 0.6 is 0 Å². The lowest BCUT2D eigenvalue weighted by molar-refractivity contribution is -0.137. The monoisotopic (exact) mass is 452 g/mol. The number of hydrogen-bond acceptors (Lipinski definition) is 3. The first-order chi connectivity index (χ1) is 15.8. The van der Waals surface area contributed by atoms with E-state index < -0.39 is 17.7 Å². The normalized spacial score (nSPS) is 10.8. The number of benzene rings is 3. The van der Waals surface area contributed by atoms with E-state index in [2.05, 4.69) is 18.8 Å². The molecule has 33 heavy (non-hydrogen) atoms. The predicted molar refractivity (Wildman–Crippen MR) is 120 cm³/mol. The molecule has 3 aromatic carbocycles. The van der Waals surface area contributed by atoms with Gasteiger partial charge in [-0.1, -0.05) is 31.6 Å². The third kappa shape index (κ3) is 7.43. The fraction of sp³-hybridized carbons (Fsp3) is 0.222. The smallest absolute Gasteiger partial charge is 0.416 e. The molecule has 0 heterocycles. The molecule has 0 aliphatic heterocycles. The van der Waals surface area contributed by atoms with Crippen LogP contribution in [0.1, 0.15) is 53.2 Å². The lowest BCUT2D eigenvalue weighted by Crippen LogP contribution is -2.10. The fourth-order valence-electron chi connectivity index (χ4n) is 2.89. The van der Waals surface area contributed by atoms with Crippen LogP contribution in [0.5, 0.6) is 11.5 Å². The second kappa shape index (κ2) is 11.2. The van der Waals surface area contributed by atoms with Crippen molar-refractivity contribution in [2.45, 2.75) is 32.4 Å². The maximum atomic E-state index is 12.6. The zero-order valence-electron chi connectivity index (χ0n) is 18.1. The molecular weight excluding hydrogens is 429 g/mol. The van der Waals surface area contributed by atoms with Gasteiger partial charge in [-0.25, -0.2) is 4.79 Å². The van der Waals surface area contributed by atoms with Crippen LogP contribution in [0.15, 0.2) is 72.8 Å². The highest BCUT2D eigenvalue weighted by atomic mass is 19.4. The molecule has 6 heteroatoms. The van der Waals surface area contributed by atoms with Crippen LogP contribution in [0.3, 0.4) is 0 Å². The van der Waals surface area contributed by atoms with Crippen LogP contribution in [0, 0.1) is 11.8 Å². The van der Waals surface area contributed by atoms with Crippen LogP contribution in [0.2, 0.25) is 0 Å². The summed E-state index contributed by atoms with van der Waals surface area (Å²) in [5.74, 6) is 6.45. The van der Waals surface area contributed by atoms with E-state index >= 15 is 0 Å². The van der Waals surface area contributed by atoms with Gasteiger partial charge in [0.2, 0.25) is 0 Å². The van der Waals surface area contributed by atoms with E-state index in [4.69, 9.17) is 9.47 Å². The van der Waals surface area contributed by atoms with Gasteiger partial charge in [-0.05, 0) is 79.2 Å². The van der Waals surface area contributed by atoms with Crippen molar-refractivity contribution in [3.05, 3.63) is 95.1 Å². The Kier molecular flexibility index (Phi) is 8.15. The Morgan fingerprint density at radius 2 is 1.33 bits per heavy atom. The second-order valence-electron chi connectivity index (χ2n) is 7.32. The number of halogens is 3. The van der Waals surface area contributed by atoms with Crippen molar-refractivity contribution in [2.75, 3.05) is 6.61 Å². The molecule has 3 rings (SSSR count). The SMILES string of the molecule is CCCCCOc1ccc(C#Cc2ccc(OC(=O)c3ccc(C(F)(F)F)cc3)cc2)cc1. The van der Waals surface area contributed by atoms with E-state index in [1.54, 1.807) is 24.3 Å². The van der Waals surface area contributed by atoms with E-state index in [0.29, 0.717) is 6.61 Å². The Morgan fingerprint density at radius 1 is 0.788 bits per heavy atom. The Bertz CT molecular complexity index is 1110. The summed E-state index contributed by atoms with van der Waals surface area (Å²) >= 11 is 0. The summed E-state index contributed by atoms with van der Waals surface area (Å²) < 4.78 is 48.8. The Morgan fingerprint density at radius 3 is 1.85 bits per heavy atom. The van der Waals surface area contributed by atoms with Gasteiger partial charge in [-0.3, -0.25) is 0 Å². The molecule has 0 radical (unpaired) electrons. The maximum absolute atomic E-state index is 12.6. The summed E-state index contributed by atoms with van der Waals surface area (Å²) in [7, 11) is 0. The van der Waals surface area contributed by atoms with Gasteiger partial charge < -0.3 is 9.47 Å².